The molecule has 2 aromatic carbocycles. The molecule has 0 heterocycles. The van der Waals surface area contributed by atoms with Gasteiger partial charge in [-0.2, -0.15) is 0 Å². The molecule has 1 atom stereocenters. The zero-order valence-electron chi connectivity index (χ0n) is 14.6. The molecule has 0 fully saturated rings. The molecule has 6 nitrogen and oxygen atoms in total. The molecule has 0 radical (unpaired) electrons. The Morgan fingerprint density at radius 2 is 1.62 bits per heavy atom. The lowest BCUT2D eigenvalue weighted by molar-refractivity contribution is -0.139. The first-order valence-electron chi connectivity index (χ1n) is 8.52. The summed E-state index contributed by atoms with van der Waals surface area (Å²) in [6, 6.07) is 14.2. The van der Waals surface area contributed by atoms with E-state index in [1.54, 1.807) is 54.6 Å². The fourth-order valence-corrected chi connectivity index (χ4v) is 2.48. The Bertz CT molecular complexity index is 774. The zero-order chi connectivity index (χ0) is 18.9. The summed E-state index contributed by atoms with van der Waals surface area (Å²) >= 11 is 0. The Balaban J connectivity index is 2.15. The average Bonchev–Trinajstić information content (AvgIpc) is 2.65. The number of anilines is 1. The lowest BCUT2D eigenvalue weighted by Crippen LogP contribution is -2.41. The molecule has 2 aromatic rings. The molecule has 0 aromatic heterocycles. The van der Waals surface area contributed by atoms with Gasteiger partial charge in [0.15, 0.2) is 0 Å². The Morgan fingerprint density at radius 3 is 2.27 bits per heavy atom. The number of carboxylic acid groups (broad SMARTS) is 1. The highest BCUT2D eigenvalue weighted by molar-refractivity contribution is 6.09. The first-order valence-corrected chi connectivity index (χ1v) is 8.52. The summed E-state index contributed by atoms with van der Waals surface area (Å²) in [7, 11) is 0. The summed E-state index contributed by atoms with van der Waals surface area (Å²) in [6.07, 6.45) is 1.89. The fraction of sp³-hybridized carbons (Fsp3) is 0.250. The highest BCUT2D eigenvalue weighted by Crippen LogP contribution is 2.17. The highest BCUT2D eigenvalue weighted by atomic mass is 16.4. The van der Waals surface area contributed by atoms with Crippen LogP contribution in [-0.4, -0.2) is 28.9 Å². The Morgan fingerprint density at radius 1 is 0.962 bits per heavy atom. The van der Waals surface area contributed by atoms with E-state index in [0.29, 0.717) is 24.1 Å². The number of nitrogens with one attached hydrogen (secondary N) is 2. The van der Waals surface area contributed by atoms with E-state index in [1.165, 1.54) is 0 Å². The molecule has 0 unspecified atom stereocenters. The molecule has 0 aliphatic rings. The molecule has 26 heavy (non-hydrogen) atoms. The third-order valence-corrected chi connectivity index (χ3v) is 3.91. The van der Waals surface area contributed by atoms with Gasteiger partial charge in [0.25, 0.3) is 11.8 Å². The van der Waals surface area contributed by atoms with Gasteiger partial charge in [0.2, 0.25) is 0 Å². The van der Waals surface area contributed by atoms with Gasteiger partial charge in [-0.05, 0) is 30.7 Å². The average molecular weight is 354 g/mol. The number of hydrogen-bond donors (Lipinski definition) is 3. The summed E-state index contributed by atoms with van der Waals surface area (Å²) < 4.78 is 0. The molecule has 0 aliphatic carbocycles. The molecule has 0 saturated heterocycles. The van der Waals surface area contributed by atoms with Crippen LogP contribution in [0.25, 0.3) is 0 Å². The van der Waals surface area contributed by atoms with Crippen molar-refractivity contribution in [2.24, 2.45) is 0 Å². The van der Waals surface area contributed by atoms with Crippen LogP contribution in [0.1, 0.15) is 46.9 Å². The number of hydrogen-bond acceptors (Lipinski definition) is 3. The predicted octanol–water partition coefficient (Wildman–Crippen LogP) is 3.31. The van der Waals surface area contributed by atoms with Gasteiger partial charge in [0.05, 0.1) is 11.3 Å². The number of carbonyl (C=O) groups is 3. The highest BCUT2D eigenvalue weighted by Gasteiger charge is 2.22. The van der Waals surface area contributed by atoms with Gasteiger partial charge in [0, 0.05) is 5.56 Å². The first-order chi connectivity index (χ1) is 12.5. The second-order valence-electron chi connectivity index (χ2n) is 5.87. The van der Waals surface area contributed by atoms with Crippen LogP contribution in [0.2, 0.25) is 0 Å². The van der Waals surface area contributed by atoms with Crippen molar-refractivity contribution in [3.05, 3.63) is 65.7 Å². The molecule has 2 amide bonds. The third-order valence-electron chi connectivity index (χ3n) is 3.91. The van der Waals surface area contributed by atoms with E-state index < -0.39 is 17.9 Å². The number of carbonyl (C=O) groups excluding carboxylic acids is 2. The van der Waals surface area contributed by atoms with Gasteiger partial charge in [-0.15, -0.1) is 0 Å². The molecule has 0 bridgehead atoms. The Kier molecular flexibility index (Phi) is 6.91. The summed E-state index contributed by atoms with van der Waals surface area (Å²) in [5.74, 6) is -1.94. The van der Waals surface area contributed by atoms with Crippen LogP contribution < -0.4 is 10.6 Å². The van der Waals surface area contributed by atoms with Crippen molar-refractivity contribution in [3.8, 4) is 0 Å². The van der Waals surface area contributed by atoms with Crippen LogP contribution in [0.15, 0.2) is 54.6 Å². The summed E-state index contributed by atoms with van der Waals surface area (Å²) in [6.45, 7) is 1.95. The van der Waals surface area contributed by atoms with Gasteiger partial charge in [-0.25, -0.2) is 4.79 Å². The van der Waals surface area contributed by atoms with E-state index >= 15 is 0 Å². The van der Waals surface area contributed by atoms with Gasteiger partial charge in [0.1, 0.15) is 6.04 Å². The van der Waals surface area contributed by atoms with E-state index in [2.05, 4.69) is 10.6 Å². The molecule has 0 saturated carbocycles. The standard InChI is InChI=1S/C20H22N2O4/c1-2-3-12-17(20(25)26)22-19(24)15-11-7-8-13-16(15)21-18(23)14-9-5-4-6-10-14/h4-11,13,17H,2-3,12H2,1H3,(H,21,23)(H,22,24)(H,25,26)/t17-/m0/s1. The van der Waals surface area contributed by atoms with E-state index in [1.807, 2.05) is 6.92 Å². The van der Waals surface area contributed by atoms with Crippen LogP contribution in [0.5, 0.6) is 0 Å². The van der Waals surface area contributed by atoms with E-state index in [-0.39, 0.29) is 11.5 Å². The van der Waals surface area contributed by atoms with Crippen LogP contribution in [0.3, 0.4) is 0 Å². The maximum atomic E-state index is 12.5. The second-order valence-corrected chi connectivity index (χ2v) is 5.87. The molecule has 136 valence electrons. The summed E-state index contributed by atoms with van der Waals surface area (Å²) in [5, 5.41) is 14.5. The van der Waals surface area contributed by atoms with Crippen molar-refractivity contribution in [2.75, 3.05) is 5.32 Å². The maximum Gasteiger partial charge on any atom is 0.326 e. The topological polar surface area (TPSA) is 95.5 Å². The Hall–Kier alpha value is -3.15. The molecular formula is C20H22N2O4. The third kappa shape index (κ3) is 5.17. The quantitative estimate of drug-likeness (QED) is 0.678. The number of para-hydroxylation sites is 1. The molecule has 6 heteroatoms. The molecule has 0 aliphatic heterocycles. The van der Waals surface area contributed by atoms with Crippen molar-refractivity contribution >= 4 is 23.5 Å². The monoisotopic (exact) mass is 354 g/mol. The predicted molar refractivity (Wildman–Crippen MR) is 99.3 cm³/mol. The van der Waals surface area contributed by atoms with Gasteiger partial charge >= 0.3 is 5.97 Å². The number of amides is 2. The molecule has 3 N–H and O–H groups in total. The first kappa shape index (κ1) is 19.2. The molecule has 0 spiro atoms. The van der Waals surface area contributed by atoms with Crippen molar-refractivity contribution in [2.45, 2.75) is 32.2 Å². The van der Waals surface area contributed by atoms with Crippen molar-refractivity contribution in [3.63, 3.8) is 0 Å². The van der Waals surface area contributed by atoms with Crippen LogP contribution >= 0.6 is 0 Å². The van der Waals surface area contributed by atoms with E-state index in [4.69, 9.17) is 0 Å². The SMILES string of the molecule is CCCC[C@H](NC(=O)c1ccccc1NC(=O)c1ccccc1)C(=O)O. The van der Waals surface area contributed by atoms with E-state index in [0.717, 1.165) is 6.42 Å². The van der Waals surface area contributed by atoms with Crippen LogP contribution in [0.4, 0.5) is 5.69 Å². The number of aliphatic carboxylic acids is 1. The minimum absolute atomic E-state index is 0.222. The Labute approximate surface area is 152 Å². The lowest BCUT2D eigenvalue weighted by Gasteiger charge is -2.16. The second kappa shape index (κ2) is 9.36. The lowest BCUT2D eigenvalue weighted by atomic mass is 10.1. The minimum Gasteiger partial charge on any atom is -0.480 e. The van der Waals surface area contributed by atoms with E-state index in [9.17, 15) is 19.5 Å². The smallest absolute Gasteiger partial charge is 0.326 e. The van der Waals surface area contributed by atoms with Gasteiger partial charge < -0.3 is 15.7 Å². The minimum atomic E-state index is -1.07. The molecular weight excluding hydrogens is 332 g/mol. The summed E-state index contributed by atoms with van der Waals surface area (Å²) in [5.41, 5.74) is 1.02. The maximum absolute atomic E-state index is 12.5. The van der Waals surface area contributed by atoms with Crippen LogP contribution in [-0.2, 0) is 4.79 Å². The number of rotatable bonds is 8. The number of benzene rings is 2. The number of unbranched alkanes of at least 4 members (excludes halogenated alkanes) is 1. The zero-order valence-corrected chi connectivity index (χ0v) is 14.6. The molecule has 2 rings (SSSR count). The van der Waals surface area contributed by atoms with Gasteiger partial charge in [-0.1, -0.05) is 50.1 Å². The fourth-order valence-electron chi connectivity index (χ4n) is 2.48. The van der Waals surface area contributed by atoms with Gasteiger partial charge in [-0.3, -0.25) is 9.59 Å². The van der Waals surface area contributed by atoms with Crippen molar-refractivity contribution in [1.82, 2.24) is 5.32 Å². The summed E-state index contributed by atoms with van der Waals surface area (Å²) in [4.78, 5) is 36.2. The largest absolute Gasteiger partial charge is 0.480 e. The van der Waals surface area contributed by atoms with Crippen LogP contribution in [0, 0.1) is 0 Å². The van der Waals surface area contributed by atoms with Crippen molar-refractivity contribution in [1.29, 1.82) is 0 Å². The normalized spacial score (nSPS) is 11.4. The van der Waals surface area contributed by atoms with Crippen molar-refractivity contribution < 1.29 is 19.5 Å². The number of carboxylic acids is 1.